The van der Waals surface area contributed by atoms with E-state index in [-0.39, 0.29) is 5.78 Å². The van der Waals surface area contributed by atoms with Gasteiger partial charge in [0.05, 0.1) is 5.57 Å². The molecule has 0 heterocycles. The van der Waals surface area contributed by atoms with Crippen LogP contribution in [-0.2, 0) is 9.59 Å². The minimum atomic E-state index is -0.00594. The van der Waals surface area contributed by atoms with Crippen molar-refractivity contribution in [3.8, 4) is 0 Å². The van der Waals surface area contributed by atoms with Crippen molar-refractivity contribution in [2.75, 3.05) is 0 Å². The normalized spacial score (nSPS) is 12.0. The Morgan fingerprint density at radius 2 is 0.775 bits per heavy atom. The van der Waals surface area contributed by atoms with Gasteiger partial charge in [0.25, 0.3) is 0 Å². The van der Waals surface area contributed by atoms with Crippen LogP contribution in [0.5, 0.6) is 0 Å². The fourth-order valence-corrected chi connectivity index (χ4v) is 5.47. The first kappa shape index (κ1) is 38.8. The van der Waals surface area contributed by atoms with Crippen molar-refractivity contribution in [3.63, 3.8) is 0 Å². The highest BCUT2D eigenvalue weighted by atomic mass is 16.1. The molecule has 1 radical (unpaired) electrons. The van der Waals surface area contributed by atoms with Crippen LogP contribution in [0.2, 0.25) is 0 Å². The molecule has 233 valence electrons. The van der Waals surface area contributed by atoms with Crippen LogP contribution >= 0.6 is 0 Å². The topological polar surface area (TPSA) is 34.1 Å². The summed E-state index contributed by atoms with van der Waals surface area (Å²) >= 11 is 0. The molecule has 0 aromatic heterocycles. The van der Waals surface area contributed by atoms with Gasteiger partial charge < -0.3 is 0 Å². The van der Waals surface area contributed by atoms with E-state index in [9.17, 15) is 9.59 Å². The second-order valence-corrected chi connectivity index (χ2v) is 12.2. The van der Waals surface area contributed by atoms with E-state index in [0.717, 1.165) is 25.7 Å². The van der Waals surface area contributed by atoms with Crippen molar-refractivity contribution in [3.05, 3.63) is 23.8 Å². The summed E-state index contributed by atoms with van der Waals surface area (Å²) in [4.78, 5) is 23.6. The van der Waals surface area contributed by atoms with E-state index in [0.29, 0.717) is 12.0 Å². The fourth-order valence-electron chi connectivity index (χ4n) is 5.47. The highest BCUT2D eigenvalue weighted by molar-refractivity contribution is 6.11. The summed E-state index contributed by atoms with van der Waals surface area (Å²) in [6.45, 7) is 4.55. The molecule has 0 atom stereocenters. The number of Topliss-reactive ketones (excluding diaryl/α,β-unsaturated/α-hetero) is 1. The van der Waals surface area contributed by atoms with E-state index in [1.807, 2.05) is 12.4 Å². The molecule has 0 rings (SSSR count). The van der Waals surface area contributed by atoms with Crippen LogP contribution in [0.25, 0.3) is 0 Å². The molecule has 0 unspecified atom stereocenters. The van der Waals surface area contributed by atoms with Gasteiger partial charge in [-0.2, -0.15) is 0 Å². The smallest absolute Gasteiger partial charge is 0.236 e. The molecule has 0 saturated heterocycles. The Kier molecular flexibility index (Phi) is 33.0. The summed E-state index contributed by atoms with van der Waals surface area (Å²) in [5, 5.41) is 0. The molecule has 0 bridgehead atoms. The van der Waals surface area contributed by atoms with Gasteiger partial charge in [-0.3, -0.25) is 9.59 Å². The summed E-state index contributed by atoms with van der Waals surface area (Å²) in [6.07, 6.45) is 46.4. The highest BCUT2D eigenvalue weighted by Crippen LogP contribution is 2.15. The van der Waals surface area contributed by atoms with Crippen LogP contribution in [-0.4, -0.2) is 12.1 Å². The van der Waals surface area contributed by atoms with Crippen molar-refractivity contribution in [2.24, 2.45) is 0 Å². The van der Waals surface area contributed by atoms with E-state index >= 15 is 0 Å². The molecule has 0 aliphatic heterocycles. The van der Waals surface area contributed by atoms with Crippen LogP contribution in [0.15, 0.2) is 23.8 Å². The average Bonchev–Trinajstić information content (AvgIpc) is 2.96. The Balaban J connectivity index is 3.52. The number of allylic oxidation sites excluding steroid dienone is 4. The van der Waals surface area contributed by atoms with Crippen molar-refractivity contribution in [1.82, 2.24) is 0 Å². The van der Waals surface area contributed by atoms with Gasteiger partial charge in [-0.1, -0.05) is 173 Å². The Bertz CT molecular complexity index is 588. The first-order chi connectivity index (χ1) is 19.8. The first-order valence-corrected chi connectivity index (χ1v) is 18.0. The Hall–Kier alpha value is -1.18. The van der Waals surface area contributed by atoms with Crippen molar-refractivity contribution in [1.29, 1.82) is 0 Å². The quantitative estimate of drug-likeness (QED) is 0.0264. The predicted molar refractivity (Wildman–Crippen MR) is 178 cm³/mol. The molecule has 0 aromatic carbocycles. The van der Waals surface area contributed by atoms with Crippen molar-refractivity contribution in [2.45, 2.75) is 206 Å². The molecule has 0 spiro atoms. The minimum absolute atomic E-state index is 0.00594. The molecule has 0 saturated carbocycles. The number of unbranched alkanes of at least 4 members (excludes halogenated alkanes) is 26. The van der Waals surface area contributed by atoms with Crippen molar-refractivity contribution < 1.29 is 9.59 Å². The van der Waals surface area contributed by atoms with Gasteiger partial charge in [0.2, 0.25) is 6.29 Å². The number of hydrogen-bond acceptors (Lipinski definition) is 2. The zero-order valence-electron chi connectivity index (χ0n) is 27.3. The molecule has 0 amide bonds. The van der Waals surface area contributed by atoms with Crippen LogP contribution in [0.3, 0.4) is 0 Å². The summed E-state index contributed by atoms with van der Waals surface area (Å²) in [5.74, 6) is -0.00594. The molecule has 0 aliphatic rings. The third-order valence-corrected chi connectivity index (χ3v) is 8.23. The third kappa shape index (κ3) is 29.8. The van der Waals surface area contributed by atoms with E-state index in [1.54, 1.807) is 0 Å². The minimum Gasteiger partial charge on any atom is -0.294 e. The lowest BCUT2D eigenvalue weighted by atomic mass is 10.0. The molecule has 2 nitrogen and oxygen atoms in total. The second kappa shape index (κ2) is 34.0. The van der Waals surface area contributed by atoms with Gasteiger partial charge in [-0.05, 0) is 44.9 Å². The highest BCUT2D eigenvalue weighted by Gasteiger charge is 2.08. The molecule has 40 heavy (non-hydrogen) atoms. The van der Waals surface area contributed by atoms with Crippen molar-refractivity contribution >= 4 is 12.1 Å². The summed E-state index contributed by atoms with van der Waals surface area (Å²) in [7, 11) is 0. The molecular weight excluding hydrogens is 488 g/mol. The SMILES string of the molecule is CCCCCCCC/C=C\CCCCCCCC(=O)C([C]=O)=CCCCCCCCCCCCCCCCCC. The van der Waals surface area contributed by atoms with E-state index < -0.39 is 0 Å². The third-order valence-electron chi connectivity index (χ3n) is 8.23. The maximum absolute atomic E-state index is 12.4. The first-order valence-electron chi connectivity index (χ1n) is 18.0. The molecule has 0 fully saturated rings. The number of ketones is 1. The number of carbonyl (C=O) groups excluding carboxylic acids is 2. The van der Waals surface area contributed by atoms with Crippen LogP contribution in [0, 0.1) is 0 Å². The number of hydrogen-bond donors (Lipinski definition) is 0. The van der Waals surface area contributed by atoms with Gasteiger partial charge in [-0.15, -0.1) is 0 Å². The molecule has 2 heteroatoms. The lowest BCUT2D eigenvalue weighted by molar-refractivity contribution is -0.115. The maximum atomic E-state index is 12.4. The Morgan fingerprint density at radius 3 is 1.15 bits per heavy atom. The van der Waals surface area contributed by atoms with Crippen LogP contribution in [0.4, 0.5) is 0 Å². The largest absolute Gasteiger partial charge is 0.294 e. The fraction of sp³-hybridized carbons (Fsp3) is 0.842. The van der Waals surface area contributed by atoms with E-state index in [1.165, 1.54) is 161 Å². The lowest BCUT2D eigenvalue weighted by Gasteiger charge is -2.03. The monoisotopic (exact) mass is 558 g/mol. The molecule has 0 N–H and O–H groups in total. The van der Waals surface area contributed by atoms with Gasteiger partial charge in [-0.25, -0.2) is 0 Å². The summed E-state index contributed by atoms with van der Waals surface area (Å²) in [5.41, 5.74) is 0.292. The van der Waals surface area contributed by atoms with Gasteiger partial charge in [0.1, 0.15) is 0 Å². The lowest BCUT2D eigenvalue weighted by Crippen LogP contribution is -2.03. The van der Waals surface area contributed by atoms with Gasteiger partial charge in [0.15, 0.2) is 5.78 Å². The van der Waals surface area contributed by atoms with Crippen LogP contribution in [0.1, 0.15) is 206 Å². The zero-order valence-corrected chi connectivity index (χ0v) is 27.3. The Labute approximate surface area is 251 Å². The standard InChI is InChI=1S/C38H69O2/c1-3-5-7-9-11-13-15-17-19-21-22-24-26-28-30-32-34-37(36-39)38(40)35-33-31-29-27-25-23-20-18-16-14-12-10-8-6-4-2/h18,20,34H,3-17,19,21-33,35H2,1-2H3/b20-18-,37-34?. The summed E-state index contributed by atoms with van der Waals surface area (Å²) in [6, 6.07) is 0. The second-order valence-electron chi connectivity index (χ2n) is 12.2. The maximum Gasteiger partial charge on any atom is 0.236 e. The Morgan fingerprint density at radius 1 is 0.450 bits per heavy atom. The summed E-state index contributed by atoms with van der Waals surface area (Å²) < 4.78 is 0. The predicted octanol–water partition coefficient (Wildman–Crippen LogP) is 12.9. The molecule has 0 aliphatic carbocycles. The van der Waals surface area contributed by atoms with Gasteiger partial charge in [0, 0.05) is 6.42 Å². The average molecular weight is 558 g/mol. The molecule has 0 aromatic rings. The number of rotatable bonds is 33. The molecular formula is C38H69O2. The number of carbonyl (C=O) groups is 1. The van der Waals surface area contributed by atoms with Crippen LogP contribution < -0.4 is 0 Å². The van der Waals surface area contributed by atoms with E-state index in [2.05, 4.69) is 26.0 Å². The van der Waals surface area contributed by atoms with Gasteiger partial charge >= 0.3 is 0 Å². The zero-order chi connectivity index (χ0) is 29.2. The van der Waals surface area contributed by atoms with E-state index in [4.69, 9.17) is 0 Å².